The van der Waals surface area contributed by atoms with Crippen molar-refractivity contribution in [1.82, 2.24) is 0 Å². The summed E-state index contributed by atoms with van der Waals surface area (Å²) in [6, 6.07) is 0. The van der Waals surface area contributed by atoms with E-state index in [2.05, 4.69) is 13.0 Å². The molecule has 1 aliphatic heterocycles. The monoisotopic (exact) mass is 272 g/mol. The summed E-state index contributed by atoms with van der Waals surface area (Å²) in [5, 5.41) is 0. The van der Waals surface area contributed by atoms with E-state index in [1.54, 1.807) is 0 Å². The SMILES string of the molecule is CC/C=C\C[C@@H]1OC(C)(C)O[C@@H]1[C@@H](C=O)OCOC. The molecule has 1 saturated heterocycles. The molecule has 0 aromatic carbocycles. The number of carbonyl (C=O) groups is 1. The molecule has 0 aliphatic carbocycles. The van der Waals surface area contributed by atoms with Gasteiger partial charge in [-0.3, -0.25) is 0 Å². The molecule has 0 aromatic rings. The minimum atomic E-state index is -0.701. The van der Waals surface area contributed by atoms with Gasteiger partial charge in [0.05, 0.1) is 6.10 Å². The number of ether oxygens (including phenoxy) is 4. The standard InChI is InChI=1S/C14H24O5/c1-5-6-7-8-11-13(19-14(2,3)18-11)12(9-15)17-10-16-4/h6-7,9,11-13H,5,8,10H2,1-4H3/b7-6-/t11-,12+,13-/m0/s1. The van der Waals surface area contributed by atoms with Crippen molar-refractivity contribution in [3.05, 3.63) is 12.2 Å². The Kier molecular flexibility index (Phi) is 6.65. The number of rotatable bonds is 8. The Morgan fingerprint density at radius 3 is 2.63 bits per heavy atom. The van der Waals surface area contributed by atoms with Crippen LogP contribution in [0.25, 0.3) is 0 Å². The summed E-state index contributed by atoms with van der Waals surface area (Å²) in [5.74, 6) is -0.701. The van der Waals surface area contributed by atoms with E-state index in [0.717, 1.165) is 12.7 Å². The van der Waals surface area contributed by atoms with E-state index in [-0.39, 0.29) is 12.9 Å². The minimum Gasteiger partial charge on any atom is -0.359 e. The molecule has 0 aromatic heterocycles. The van der Waals surface area contributed by atoms with Crippen LogP contribution >= 0.6 is 0 Å². The summed E-state index contributed by atoms with van der Waals surface area (Å²) in [6.45, 7) is 5.80. The van der Waals surface area contributed by atoms with E-state index in [1.165, 1.54) is 7.11 Å². The third kappa shape index (κ3) is 5.03. The fourth-order valence-corrected chi connectivity index (χ4v) is 2.08. The van der Waals surface area contributed by atoms with E-state index in [0.29, 0.717) is 6.42 Å². The van der Waals surface area contributed by atoms with Crippen LogP contribution in [-0.2, 0) is 23.7 Å². The molecule has 0 amide bonds. The zero-order chi connectivity index (χ0) is 14.3. The van der Waals surface area contributed by atoms with Crippen LogP contribution in [-0.4, -0.2) is 44.3 Å². The molecular formula is C14H24O5. The fraction of sp³-hybridized carbons (Fsp3) is 0.786. The van der Waals surface area contributed by atoms with Crippen molar-refractivity contribution in [2.45, 2.75) is 57.7 Å². The molecule has 0 spiro atoms. The molecule has 110 valence electrons. The van der Waals surface area contributed by atoms with Gasteiger partial charge in [-0.1, -0.05) is 19.1 Å². The number of hydrogen-bond acceptors (Lipinski definition) is 5. The minimum absolute atomic E-state index is 0.0568. The van der Waals surface area contributed by atoms with Crippen molar-refractivity contribution in [3.63, 3.8) is 0 Å². The molecule has 5 heteroatoms. The number of aldehydes is 1. The van der Waals surface area contributed by atoms with Gasteiger partial charge in [-0.15, -0.1) is 0 Å². The Morgan fingerprint density at radius 2 is 2.05 bits per heavy atom. The average molecular weight is 272 g/mol. The highest BCUT2D eigenvalue weighted by Crippen LogP contribution is 2.32. The van der Waals surface area contributed by atoms with E-state index >= 15 is 0 Å². The second-order valence-corrected chi connectivity index (χ2v) is 4.93. The second-order valence-electron chi connectivity index (χ2n) is 4.93. The lowest BCUT2D eigenvalue weighted by molar-refractivity contribution is -0.170. The van der Waals surface area contributed by atoms with Crippen LogP contribution in [0.15, 0.2) is 12.2 Å². The lowest BCUT2D eigenvalue weighted by atomic mass is 10.1. The van der Waals surface area contributed by atoms with Gasteiger partial charge >= 0.3 is 0 Å². The normalized spacial score (nSPS) is 27.8. The van der Waals surface area contributed by atoms with Crippen molar-refractivity contribution < 1.29 is 23.7 Å². The molecule has 0 radical (unpaired) electrons. The van der Waals surface area contributed by atoms with Crippen molar-refractivity contribution in [2.24, 2.45) is 0 Å². The van der Waals surface area contributed by atoms with Gasteiger partial charge in [-0.2, -0.15) is 0 Å². The Bertz CT molecular complexity index is 300. The third-order valence-corrected chi connectivity index (χ3v) is 2.83. The van der Waals surface area contributed by atoms with Crippen molar-refractivity contribution in [2.75, 3.05) is 13.9 Å². The Labute approximate surface area is 114 Å². The van der Waals surface area contributed by atoms with Gasteiger partial charge in [0.2, 0.25) is 0 Å². The molecule has 1 rings (SSSR count). The van der Waals surface area contributed by atoms with Crippen LogP contribution < -0.4 is 0 Å². The van der Waals surface area contributed by atoms with Crippen LogP contribution in [0.5, 0.6) is 0 Å². The van der Waals surface area contributed by atoms with E-state index in [4.69, 9.17) is 18.9 Å². The zero-order valence-corrected chi connectivity index (χ0v) is 12.1. The Morgan fingerprint density at radius 1 is 1.32 bits per heavy atom. The van der Waals surface area contributed by atoms with E-state index < -0.39 is 18.0 Å². The number of hydrogen-bond donors (Lipinski definition) is 0. The lowest BCUT2D eigenvalue weighted by Crippen LogP contribution is -2.38. The highest BCUT2D eigenvalue weighted by molar-refractivity contribution is 5.57. The fourth-order valence-electron chi connectivity index (χ4n) is 2.08. The Balaban J connectivity index is 2.69. The summed E-state index contributed by atoms with van der Waals surface area (Å²) >= 11 is 0. The van der Waals surface area contributed by atoms with Gasteiger partial charge in [0.25, 0.3) is 0 Å². The molecular weight excluding hydrogens is 248 g/mol. The van der Waals surface area contributed by atoms with Crippen molar-refractivity contribution in [1.29, 1.82) is 0 Å². The summed E-state index contributed by atoms with van der Waals surface area (Å²) in [5.41, 5.74) is 0. The van der Waals surface area contributed by atoms with Crippen molar-refractivity contribution in [3.8, 4) is 0 Å². The largest absolute Gasteiger partial charge is 0.359 e. The van der Waals surface area contributed by atoms with Crippen LogP contribution in [0.1, 0.15) is 33.6 Å². The lowest BCUT2D eigenvalue weighted by Gasteiger charge is -2.21. The number of allylic oxidation sites excluding steroid dienone is 1. The summed E-state index contributed by atoms with van der Waals surface area (Å²) in [6.07, 6.45) is 5.24. The molecule has 1 aliphatic rings. The summed E-state index contributed by atoms with van der Waals surface area (Å²) in [4.78, 5) is 11.2. The van der Waals surface area contributed by atoms with Gasteiger partial charge in [0.15, 0.2) is 12.1 Å². The smallest absolute Gasteiger partial charge is 0.163 e. The predicted octanol–water partition coefficient (Wildman–Crippen LogP) is 2.05. The van der Waals surface area contributed by atoms with Crippen LogP contribution in [0.4, 0.5) is 0 Å². The molecule has 3 atom stereocenters. The average Bonchev–Trinajstić information content (AvgIpc) is 2.66. The molecule has 19 heavy (non-hydrogen) atoms. The van der Waals surface area contributed by atoms with Gasteiger partial charge in [0, 0.05) is 7.11 Å². The quantitative estimate of drug-likeness (QED) is 0.384. The molecule has 0 N–H and O–H groups in total. The first-order valence-corrected chi connectivity index (χ1v) is 6.60. The van der Waals surface area contributed by atoms with Gasteiger partial charge in [-0.05, 0) is 26.7 Å². The molecule has 0 unspecified atom stereocenters. The first kappa shape index (κ1) is 16.3. The van der Waals surface area contributed by atoms with E-state index in [9.17, 15) is 4.79 Å². The maximum Gasteiger partial charge on any atom is 0.163 e. The van der Waals surface area contributed by atoms with Gasteiger partial charge in [0.1, 0.15) is 19.0 Å². The van der Waals surface area contributed by atoms with Gasteiger partial charge in [-0.25, -0.2) is 0 Å². The van der Waals surface area contributed by atoms with Crippen molar-refractivity contribution >= 4 is 6.29 Å². The predicted molar refractivity (Wildman–Crippen MR) is 70.7 cm³/mol. The molecule has 5 nitrogen and oxygen atoms in total. The molecule has 0 bridgehead atoms. The number of carbonyl (C=O) groups excluding carboxylic acids is 1. The molecule has 0 saturated carbocycles. The zero-order valence-electron chi connectivity index (χ0n) is 12.1. The third-order valence-electron chi connectivity index (χ3n) is 2.83. The Hall–Kier alpha value is -0.750. The summed E-state index contributed by atoms with van der Waals surface area (Å²) < 4.78 is 21.8. The first-order valence-electron chi connectivity index (χ1n) is 6.60. The van der Waals surface area contributed by atoms with E-state index in [1.807, 2.05) is 19.9 Å². The van der Waals surface area contributed by atoms with Gasteiger partial charge < -0.3 is 23.7 Å². The van der Waals surface area contributed by atoms with Crippen LogP contribution in [0, 0.1) is 0 Å². The summed E-state index contributed by atoms with van der Waals surface area (Å²) in [7, 11) is 1.51. The maximum absolute atomic E-state index is 11.2. The first-order chi connectivity index (χ1) is 9.04. The number of methoxy groups -OCH3 is 1. The van der Waals surface area contributed by atoms with Crippen LogP contribution in [0.2, 0.25) is 0 Å². The molecule has 1 fully saturated rings. The molecule has 1 heterocycles. The highest BCUT2D eigenvalue weighted by atomic mass is 16.8. The highest BCUT2D eigenvalue weighted by Gasteiger charge is 2.45. The second kappa shape index (κ2) is 7.75. The topological polar surface area (TPSA) is 54.0 Å². The maximum atomic E-state index is 11.2. The van der Waals surface area contributed by atoms with Crippen LogP contribution in [0.3, 0.4) is 0 Å².